The summed E-state index contributed by atoms with van der Waals surface area (Å²) in [5, 5.41) is 13.0. The quantitative estimate of drug-likeness (QED) is 0.868. The first-order chi connectivity index (χ1) is 9.24. The molecule has 2 heterocycles. The molecule has 19 heavy (non-hydrogen) atoms. The lowest BCUT2D eigenvalue weighted by Crippen LogP contribution is -2.37. The van der Waals surface area contributed by atoms with Crippen molar-refractivity contribution in [1.29, 1.82) is 0 Å². The number of nitrogens with one attached hydrogen (secondary N) is 1. The normalized spacial score (nSPS) is 19.5. The second-order valence-corrected chi connectivity index (χ2v) is 5.34. The molecule has 0 aliphatic carbocycles. The molecule has 5 nitrogen and oxygen atoms in total. The molecule has 0 spiro atoms. The Balaban J connectivity index is 2.13. The van der Waals surface area contributed by atoms with E-state index in [2.05, 4.69) is 27.1 Å². The van der Waals surface area contributed by atoms with Crippen LogP contribution in [0.2, 0.25) is 5.02 Å². The van der Waals surface area contributed by atoms with Gasteiger partial charge in [-0.15, -0.1) is 0 Å². The average Bonchev–Trinajstić information content (AvgIpc) is 2.46. The van der Waals surface area contributed by atoms with Crippen LogP contribution in [0.3, 0.4) is 0 Å². The van der Waals surface area contributed by atoms with Gasteiger partial charge in [0.2, 0.25) is 5.95 Å². The highest BCUT2D eigenvalue weighted by atomic mass is 35.5. The summed E-state index contributed by atoms with van der Waals surface area (Å²) in [6.07, 6.45) is 4.79. The molecular formula is C13H21ClN4O. The zero-order valence-electron chi connectivity index (χ0n) is 11.3. The van der Waals surface area contributed by atoms with E-state index in [9.17, 15) is 5.11 Å². The van der Waals surface area contributed by atoms with Crippen molar-refractivity contribution in [2.45, 2.75) is 26.2 Å². The molecular weight excluding hydrogens is 264 g/mol. The predicted octanol–water partition coefficient (Wildman–Crippen LogP) is 2.16. The molecule has 1 aromatic rings. The van der Waals surface area contributed by atoms with Crippen LogP contribution in [0.15, 0.2) is 6.20 Å². The summed E-state index contributed by atoms with van der Waals surface area (Å²) in [6.45, 7) is 4.90. The average molecular weight is 285 g/mol. The van der Waals surface area contributed by atoms with Gasteiger partial charge < -0.3 is 15.3 Å². The summed E-state index contributed by atoms with van der Waals surface area (Å²) >= 11 is 6.20. The largest absolute Gasteiger partial charge is 0.396 e. The first kappa shape index (κ1) is 14.3. The molecule has 1 saturated heterocycles. The Kier molecular flexibility index (Phi) is 5.22. The van der Waals surface area contributed by atoms with Crippen molar-refractivity contribution in [2.24, 2.45) is 5.92 Å². The van der Waals surface area contributed by atoms with Gasteiger partial charge in [0.05, 0.1) is 6.20 Å². The van der Waals surface area contributed by atoms with E-state index in [-0.39, 0.29) is 6.61 Å². The van der Waals surface area contributed by atoms with Crippen molar-refractivity contribution in [2.75, 3.05) is 36.5 Å². The molecule has 1 fully saturated rings. The molecule has 1 aromatic heterocycles. The standard InChI is InChI=1S/C13H21ClN4O/c1-2-5-15-13-16-7-11(14)12(17-13)18-6-3-4-10(8-18)9-19/h7,10,19H,2-6,8-9H2,1H3,(H,15,16,17). The third kappa shape index (κ3) is 3.70. The van der Waals surface area contributed by atoms with Crippen molar-refractivity contribution in [3.05, 3.63) is 11.2 Å². The van der Waals surface area contributed by atoms with E-state index in [1.54, 1.807) is 6.20 Å². The van der Waals surface area contributed by atoms with Gasteiger partial charge in [-0.1, -0.05) is 18.5 Å². The van der Waals surface area contributed by atoms with Gasteiger partial charge in [0.1, 0.15) is 5.02 Å². The van der Waals surface area contributed by atoms with E-state index in [1.165, 1.54) is 0 Å². The fourth-order valence-electron chi connectivity index (χ4n) is 2.31. The van der Waals surface area contributed by atoms with Crippen LogP contribution in [0.25, 0.3) is 0 Å². The minimum absolute atomic E-state index is 0.222. The number of aliphatic hydroxyl groups is 1. The number of aliphatic hydroxyl groups excluding tert-OH is 1. The van der Waals surface area contributed by atoms with Gasteiger partial charge in [-0.2, -0.15) is 4.98 Å². The molecule has 1 aliphatic rings. The fraction of sp³-hybridized carbons (Fsp3) is 0.692. The van der Waals surface area contributed by atoms with Crippen molar-refractivity contribution in [1.82, 2.24) is 9.97 Å². The molecule has 6 heteroatoms. The van der Waals surface area contributed by atoms with Crippen molar-refractivity contribution in [3.8, 4) is 0 Å². The first-order valence-corrected chi connectivity index (χ1v) is 7.24. The second kappa shape index (κ2) is 6.91. The topological polar surface area (TPSA) is 61.3 Å². The van der Waals surface area contributed by atoms with Crippen molar-refractivity contribution >= 4 is 23.4 Å². The summed E-state index contributed by atoms with van der Waals surface area (Å²) < 4.78 is 0. The number of aromatic nitrogens is 2. The van der Waals surface area contributed by atoms with Crippen molar-refractivity contribution < 1.29 is 5.11 Å². The van der Waals surface area contributed by atoms with Gasteiger partial charge in [0.15, 0.2) is 5.82 Å². The van der Waals surface area contributed by atoms with E-state index < -0.39 is 0 Å². The lowest BCUT2D eigenvalue weighted by atomic mass is 9.99. The van der Waals surface area contributed by atoms with Gasteiger partial charge in [-0.05, 0) is 25.2 Å². The second-order valence-electron chi connectivity index (χ2n) is 4.93. The summed E-state index contributed by atoms with van der Waals surface area (Å²) in [5.41, 5.74) is 0. The summed E-state index contributed by atoms with van der Waals surface area (Å²) in [4.78, 5) is 10.8. The first-order valence-electron chi connectivity index (χ1n) is 6.86. The van der Waals surface area contributed by atoms with E-state index in [0.717, 1.165) is 44.7 Å². The maximum atomic E-state index is 9.29. The van der Waals surface area contributed by atoms with Crippen LogP contribution >= 0.6 is 11.6 Å². The van der Waals surface area contributed by atoms with Crippen LogP contribution in [0.1, 0.15) is 26.2 Å². The monoisotopic (exact) mass is 284 g/mol. The molecule has 1 unspecified atom stereocenters. The van der Waals surface area contributed by atoms with Crippen LogP contribution in [0, 0.1) is 5.92 Å². The molecule has 2 rings (SSSR count). The highest BCUT2D eigenvalue weighted by molar-refractivity contribution is 6.32. The zero-order valence-corrected chi connectivity index (χ0v) is 12.0. The molecule has 0 amide bonds. The highest BCUT2D eigenvalue weighted by Gasteiger charge is 2.22. The maximum absolute atomic E-state index is 9.29. The Morgan fingerprint density at radius 2 is 2.42 bits per heavy atom. The number of hydrogen-bond donors (Lipinski definition) is 2. The lowest BCUT2D eigenvalue weighted by molar-refractivity contribution is 0.208. The Bertz CT molecular complexity index is 416. The number of halogens is 1. The molecule has 0 saturated carbocycles. The highest BCUT2D eigenvalue weighted by Crippen LogP contribution is 2.28. The lowest BCUT2D eigenvalue weighted by Gasteiger charge is -2.33. The molecule has 1 aliphatic heterocycles. The van der Waals surface area contributed by atoms with Gasteiger partial charge in [-0.25, -0.2) is 4.98 Å². The van der Waals surface area contributed by atoms with E-state index in [0.29, 0.717) is 16.9 Å². The summed E-state index contributed by atoms with van der Waals surface area (Å²) in [6, 6.07) is 0. The van der Waals surface area contributed by atoms with Gasteiger partial charge in [0, 0.05) is 26.2 Å². The summed E-state index contributed by atoms with van der Waals surface area (Å²) in [7, 11) is 0. The molecule has 0 radical (unpaired) electrons. The smallest absolute Gasteiger partial charge is 0.224 e. The van der Waals surface area contributed by atoms with Crippen LogP contribution in [0.4, 0.5) is 11.8 Å². The Labute approximate surface area is 119 Å². The number of anilines is 2. The Morgan fingerprint density at radius 1 is 1.58 bits per heavy atom. The zero-order chi connectivity index (χ0) is 13.7. The third-order valence-corrected chi connectivity index (χ3v) is 3.60. The van der Waals surface area contributed by atoms with Crippen LogP contribution in [-0.4, -0.2) is 41.3 Å². The number of rotatable bonds is 5. The van der Waals surface area contributed by atoms with Crippen molar-refractivity contribution in [3.63, 3.8) is 0 Å². The SMILES string of the molecule is CCCNc1ncc(Cl)c(N2CCCC(CO)C2)n1. The molecule has 106 valence electrons. The van der Waals surface area contributed by atoms with E-state index >= 15 is 0 Å². The maximum Gasteiger partial charge on any atom is 0.224 e. The third-order valence-electron chi connectivity index (χ3n) is 3.34. The van der Waals surface area contributed by atoms with Crippen LogP contribution in [-0.2, 0) is 0 Å². The molecule has 0 aromatic carbocycles. The minimum Gasteiger partial charge on any atom is -0.396 e. The number of nitrogens with zero attached hydrogens (tertiary/aromatic N) is 3. The predicted molar refractivity (Wildman–Crippen MR) is 77.8 cm³/mol. The minimum atomic E-state index is 0.222. The molecule has 2 N–H and O–H groups in total. The number of piperidine rings is 1. The number of hydrogen-bond acceptors (Lipinski definition) is 5. The summed E-state index contributed by atoms with van der Waals surface area (Å²) in [5.74, 6) is 1.70. The van der Waals surface area contributed by atoms with Gasteiger partial charge >= 0.3 is 0 Å². The van der Waals surface area contributed by atoms with Crippen LogP contribution < -0.4 is 10.2 Å². The van der Waals surface area contributed by atoms with E-state index in [1.807, 2.05) is 0 Å². The fourth-order valence-corrected chi connectivity index (χ4v) is 2.52. The van der Waals surface area contributed by atoms with Gasteiger partial charge in [-0.3, -0.25) is 0 Å². The molecule has 0 bridgehead atoms. The van der Waals surface area contributed by atoms with Gasteiger partial charge in [0.25, 0.3) is 0 Å². The van der Waals surface area contributed by atoms with E-state index in [4.69, 9.17) is 11.6 Å². The Morgan fingerprint density at radius 3 is 3.16 bits per heavy atom. The molecule has 1 atom stereocenters. The van der Waals surface area contributed by atoms with Crippen LogP contribution in [0.5, 0.6) is 0 Å². The Hall–Kier alpha value is -1.07.